The molecule has 5 heteroatoms. The van der Waals surface area contributed by atoms with Crippen LogP contribution in [0.3, 0.4) is 0 Å². The molecule has 1 aromatic carbocycles. The van der Waals surface area contributed by atoms with Crippen LogP contribution in [0.5, 0.6) is 0 Å². The second kappa shape index (κ2) is 5.61. The normalized spacial score (nSPS) is 27.4. The second-order valence-electron chi connectivity index (χ2n) is 6.64. The number of hydrogen-bond acceptors (Lipinski definition) is 2. The molecule has 1 aliphatic carbocycles. The molecule has 0 radical (unpaired) electrons. The van der Waals surface area contributed by atoms with Crippen LogP contribution in [0.15, 0.2) is 18.2 Å². The molecule has 0 spiro atoms. The Bertz CT molecular complexity index is 586. The van der Waals surface area contributed by atoms with Crippen LogP contribution in [-0.4, -0.2) is 35.1 Å². The number of nitrogens with zero attached hydrogens (tertiary/aromatic N) is 1. The van der Waals surface area contributed by atoms with Crippen molar-refractivity contribution in [2.45, 2.75) is 44.1 Å². The zero-order valence-electron chi connectivity index (χ0n) is 12.7. The number of piperidine rings is 1. The van der Waals surface area contributed by atoms with E-state index < -0.39 is 23.2 Å². The fraction of sp³-hybridized carbons (Fsp3) is 0.588. The van der Waals surface area contributed by atoms with Crippen molar-refractivity contribution in [3.8, 4) is 0 Å². The molecule has 1 aromatic rings. The number of β-amino-alcohol motifs (C(OH)–C–C–N with tert-alkyl or cyclic N) is 1. The fourth-order valence-electron chi connectivity index (χ4n) is 3.54. The van der Waals surface area contributed by atoms with Gasteiger partial charge in [0.2, 0.25) is 5.91 Å². The molecule has 0 unspecified atom stereocenters. The smallest absolute Gasteiger partial charge is 0.233 e. The van der Waals surface area contributed by atoms with Gasteiger partial charge in [-0.3, -0.25) is 4.79 Å². The molecule has 2 aliphatic rings. The van der Waals surface area contributed by atoms with Crippen LogP contribution >= 0.6 is 0 Å². The third-order valence-corrected chi connectivity index (χ3v) is 5.27. The van der Waals surface area contributed by atoms with Gasteiger partial charge in [-0.2, -0.15) is 0 Å². The minimum atomic E-state index is -0.877. The SMILES string of the molecule is C[C@@H]1CCN(C(=O)C2(c3ccc(F)cc3F)CCC2)C[C@@H]1O. The van der Waals surface area contributed by atoms with Crippen molar-refractivity contribution in [2.24, 2.45) is 5.92 Å². The molecule has 1 amide bonds. The second-order valence-corrected chi connectivity index (χ2v) is 6.64. The van der Waals surface area contributed by atoms with Crippen molar-refractivity contribution in [1.82, 2.24) is 4.90 Å². The number of carbonyl (C=O) groups is 1. The fourth-order valence-corrected chi connectivity index (χ4v) is 3.54. The molecule has 22 heavy (non-hydrogen) atoms. The van der Waals surface area contributed by atoms with Gasteiger partial charge in [0, 0.05) is 24.7 Å². The predicted molar refractivity (Wildman–Crippen MR) is 78.3 cm³/mol. The lowest BCUT2D eigenvalue weighted by atomic mass is 9.63. The van der Waals surface area contributed by atoms with Crippen LogP contribution in [0.25, 0.3) is 0 Å². The van der Waals surface area contributed by atoms with Gasteiger partial charge in [-0.05, 0) is 31.2 Å². The van der Waals surface area contributed by atoms with Gasteiger partial charge in [0.15, 0.2) is 0 Å². The number of benzene rings is 1. The lowest BCUT2D eigenvalue weighted by Crippen LogP contribution is -2.55. The summed E-state index contributed by atoms with van der Waals surface area (Å²) in [6.45, 7) is 2.84. The maximum Gasteiger partial charge on any atom is 0.233 e. The highest BCUT2D eigenvalue weighted by atomic mass is 19.1. The van der Waals surface area contributed by atoms with Gasteiger partial charge >= 0.3 is 0 Å². The lowest BCUT2D eigenvalue weighted by molar-refractivity contribution is -0.145. The molecule has 3 rings (SSSR count). The highest BCUT2D eigenvalue weighted by molar-refractivity contribution is 5.89. The quantitative estimate of drug-likeness (QED) is 0.912. The van der Waals surface area contributed by atoms with Crippen LogP contribution in [0.1, 0.15) is 38.2 Å². The topological polar surface area (TPSA) is 40.5 Å². The van der Waals surface area contributed by atoms with Crippen molar-refractivity contribution >= 4 is 5.91 Å². The Morgan fingerprint density at radius 1 is 1.36 bits per heavy atom. The molecule has 1 heterocycles. The third kappa shape index (κ3) is 2.41. The van der Waals surface area contributed by atoms with Gasteiger partial charge in [0.25, 0.3) is 0 Å². The molecule has 1 saturated heterocycles. The molecule has 0 aromatic heterocycles. The first-order chi connectivity index (χ1) is 10.4. The summed E-state index contributed by atoms with van der Waals surface area (Å²) in [6, 6.07) is 3.44. The van der Waals surface area contributed by atoms with Crippen molar-refractivity contribution in [3.05, 3.63) is 35.4 Å². The van der Waals surface area contributed by atoms with Crippen LogP contribution in [0.2, 0.25) is 0 Å². The molecule has 2 fully saturated rings. The number of rotatable bonds is 2. The van der Waals surface area contributed by atoms with Gasteiger partial charge in [-0.15, -0.1) is 0 Å². The average molecular weight is 309 g/mol. The molecule has 0 bridgehead atoms. The Hall–Kier alpha value is -1.49. The molecular formula is C17H21F2NO2. The van der Waals surface area contributed by atoms with E-state index in [9.17, 15) is 18.7 Å². The monoisotopic (exact) mass is 309 g/mol. The summed E-state index contributed by atoms with van der Waals surface area (Å²) >= 11 is 0. The van der Waals surface area contributed by atoms with E-state index in [4.69, 9.17) is 0 Å². The Kier molecular flexibility index (Phi) is 3.93. The van der Waals surface area contributed by atoms with E-state index in [0.717, 1.165) is 18.9 Å². The molecular weight excluding hydrogens is 288 g/mol. The number of halogens is 2. The molecule has 1 saturated carbocycles. The lowest BCUT2D eigenvalue weighted by Gasteiger charge is -2.46. The molecule has 2 atom stereocenters. The van der Waals surface area contributed by atoms with E-state index in [1.54, 1.807) is 4.90 Å². The average Bonchev–Trinajstić information content (AvgIpc) is 2.42. The van der Waals surface area contributed by atoms with E-state index in [0.29, 0.717) is 31.5 Å². The minimum absolute atomic E-state index is 0.129. The zero-order chi connectivity index (χ0) is 15.9. The first kappa shape index (κ1) is 15.4. The Labute approximate surface area is 128 Å². The first-order valence-corrected chi connectivity index (χ1v) is 7.87. The van der Waals surface area contributed by atoms with E-state index in [-0.39, 0.29) is 11.8 Å². The van der Waals surface area contributed by atoms with Crippen molar-refractivity contribution in [2.75, 3.05) is 13.1 Å². The Morgan fingerprint density at radius 2 is 2.09 bits per heavy atom. The number of aliphatic hydroxyl groups is 1. The predicted octanol–water partition coefficient (Wildman–Crippen LogP) is 2.62. The largest absolute Gasteiger partial charge is 0.391 e. The molecule has 1 N–H and O–H groups in total. The molecule has 1 aliphatic heterocycles. The van der Waals surface area contributed by atoms with Gasteiger partial charge in [-0.1, -0.05) is 19.4 Å². The molecule has 3 nitrogen and oxygen atoms in total. The number of aliphatic hydroxyl groups excluding tert-OH is 1. The van der Waals surface area contributed by atoms with E-state index >= 15 is 0 Å². The summed E-state index contributed by atoms with van der Waals surface area (Å²) in [4.78, 5) is 14.6. The number of carbonyl (C=O) groups excluding carboxylic acids is 1. The van der Waals surface area contributed by atoms with Crippen molar-refractivity contribution in [1.29, 1.82) is 0 Å². The number of hydrogen-bond donors (Lipinski definition) is 1. The summed E-state index contributed by atoms with van der Waals surface area (Å²) in [5, 5.41) is 10.00. The standard InChI is InChI=1S/C17H21F2NO2/c1-11-5-8-20(10-15(11)21)16(22)17(6-2-7-17)13-4-3-12(18)9-14(13)19/h3-4,9,11,15,21H,2,5-8,10H2,1H3/t11-,15+/m1/s1. The first-order valence-electron chi connectivity index (χ1n) is 7.87. The maximum atomic E-state index is 14.2. The van der Waals surface area contributed by atoms with E-state index in [1.165, 1.54) is 12.1 Å². The Balaban J connectivity index is 1.88. The highest BCUT2D eigenvalue weighted by Crippen LogP contribution is 2.46. The van der Waals surface area contributed by atoms with Gasteiger partial charge in [-0.25, -0.2) is 8.78 Å². The van der Waals surface area contributed by atoms with Gasteiger partial charge < -0.3 is 10.0 Å². The Morgan fingerprint density at radius 3 is 2.64 bits per heavy atom. The van der Waals surface area contributed by atoms with Gasteiger partial charge in [0.1, 0.15) is 11.6 Å². The minimum Gasteiger partial charge on any atom is -0.391 e. The highest BCUT2D eigenvalue weighted by Gasteiger charge is 2.49. The maximum absolute atomic E-state index is 14.2. The van der Waals surface area contributed by atoms with Crippen LogP contribution in [0, 0.1) is 17.6 Å². The summed E-state index contributed by atoms with van der Waals surface area (Å²) in [5.74, 6) is -1.25. The van der Waals surface area contributed by atoms with Crippen molar-refractivity contribution < 1.29 is 18.7 Å². The van der Waals surface area contributed by atoms with E-state index in [1.807, 2.05) is 6.92 Å². The van der Waals surface area contributed by atoms with Crippen molar-refractivity contribution in [3.63, 3.8) is 0 Å². The summed E-state index contributed by atoms with van der Waals surface area (Å²) in [6.07, 6.45) is 2.23. The third-order valence-electron chi connectivity index (χ3n) is 5.27. The van der Waals surface area contributed by atoms with Crippen LogP contribution in [0.4, 0.5) is 8.78 Å². The summed E-state index contributed by atoms with van der Waals surface area (Å²) < 4.78 is 27.3. The van der Waals surface area contributed by atoms with E-state index in [2.05, 4.69) is 0 Å². The van der Waals surface area contributed by atoms with Gasteiger partial charge in [0.05, 0.1) is 11.5 Å². The summed E-state index contributed by atoms with van der Waals surface area (Å²) in [5.41, 5.74) is -0.587. The molecule has 120 valence electrons. The number of likely N-dealkylation sites (tertiary alicyclic amines) is 1. The van der Waals surface area contributed by atoms with Crippen LogP contribution < -0.4 is 0 Å². The van der Waals surface area contributed by atoms with Crippen LogP contribution in [-0.2, 0) is 10.2 Å². The number of amides is 1. The summed E-state index contributed by atoms with van der Waals surface area (Å²) in [7, 11) is 0. The zero-order valence-corrected chi connectivity index (χ0v) is 12.7.